The van der Waals surface area contributed by atoms with Crippen molar-refractivity contribution in [2.24, 2.45) is 0 Å². The molecule has 1 aromatic carbocycles. The lowest BCUT2D eigenvalue weighted by atomic mass is 10.2. The van der Waals surface area contributed by atoms with E-state index in [0.29, 0.717) is 43.5 Å². The average molecular weight is 383 g/mol. The lowest BCUT2D eigenvalue weighted by molar-refractivity contribution is -0.136. The summed E-state index contributed by atoms with van der Waals surface area (Å²) < 4.78 is 13.1. The Balaban J connectivity index is 1.73. The normalized spacial score (nSPS) is 14.4. The van der Waals surface area contributed by atoms with Gasteiger partial charge in [-0.15, -0.1) is 5.10 Å². The SMILES string of the molecule is COc1ccc(-c2nc(C)cc3nn(CC(=O)N4CCOCC4)c(=O)n23)cc1. The van der Waals surface area contributed by atoms with Crippen molar-refractivity contribution >= 4 is 11.6 Å². The smallest absolute Gasteiger partial charge is 0.352 e. The molecule has 3 heterocycles. The number of hydrogen-bond donors (Lipinski definition) is 0. The van der Waals surface area contributed by atoms with E-state index in [1.807, 2.05) is 31.2 Å². The third kappa shape index (κ3) is 3.36. The number of methoxy groups -OCH3 is 1. The molecule has 0 saturated carbocycles. The summed E-state index contributed by atoms with van der Waals surface area (Å²) >= 11 is 0. The molecule has 28 heavy (non-hydrogen) atoms. The van der Waals surface area contributed by atoms with Crippen LogP contribution in [0.25, 0.3) is 17.0 Å². The third-order valence-electron chi connectivity index (χ3n) is 4.69. The maximum absolute atomic E-state index is 13.0. The number of aryl methyl sites for hydroxylation is 1. The molecule has 3 aromatic rings. The van der Waals surface area contributed by atoms with Crippen LogP contribution in [0.5, 0.6) is 5.75 Å². The lowest BCUT2D eigenvalue weighted by Crippen LogP contribution is -2.43. The Morgan fingerprint density at radius 1 is 1.21 bits per heavy atom. The minimum Gasteiger partial charge on any atom is -0.497 e. The molecular weight excluding hydrogens is 362 g/mol. The fraction of sp³-hybridized carbons (Fsp3) is 0.368. The molecular formula is C19H21N5O4. The molecule has 1 aliphatic heterocycles. The highest BCUT2D eigenvalue weighted by molar-refractivity contribution is 5.76. The second-order valence-electron chi connectivity index (χ2n) is 6.58. The molecule has 1 fully saturated rings. The van der Waals surface area contributed by atoms with Gasteiger partial charge in [-0.2, -0.15) is 0 Å². The number of aromatic nitrogens is 4. The summed E-state index contributed by atoms with van der Waals surface area (Å²) in [6.07, 6.45) is 0. The maximum atomic E-state index is 13.0. The first-order chi connectivity index (χ1) is 13.6. The molecule has 9 heteroatoms. The maximum Gasteiger partial charge on any atom is 0.352 e. The first-order valence-corrected chi connectivity index (χ1v) is 9.04. The van der Waals surface area contributed by atoms with Crippen molar-refractivity contribution in [3.63, 3.8) is 0 Å². The van der Waals surface area contributed by atoms with Crippen molar-refractivity contribution in [3.05, 3.63) is 46.5 Å². The van der Waals surface area contributed by atoms with Gasteiger partial charge in [-0.3, -0.25) is 4.79 Å². The molecule has 9 nitrogen and oxygen atoms in total. The molecule has 0 spiro atoms. The van der Waals surface area contributed by atoms with Crippen molar-refractivity contribution < 1.29 is 14.3 Å². The van der Waals surface area contributed by atoms with Crippen LogP contribution >= 0.6 is 0 Å². The van der Waals surface area contributed by atoms with Gasteiger partial charge in [0.1, 0.15) is 18.1 Å². The molecule has 0 aliphatic carbocycles. The summed E-state index contributed by atoms with van der Waals surface area (Å²) in [7, 11) is 1.60. The summed E-state index contributed by atoms with van der Waals surface area (Å²) in [5.41, 5.74) is 1.55. The van der Waals surface area contributed by atoms with Gasteiger partial charge in [-0.25, -0.2) is 18.9 Å². The fourth-order valence-electron chi connectivity index (χ4n) is 3.23. The van der Waals surface area contributed by atoms with Gasteiger partial charge in [-0.05, 0) is 31.2 Å². The van der Waals surface area contributed by atoms with Crippen LogP contribution in [0.2, 0.25) is 0 Å². The Morgan fingerprint density at radius 3 is 2.61 bits per heavy atom. The Bertz CT molecular complexity index is 1060. The second-order valence-corrected chi connectivity index (χ2v) is 6.58. The van der Waals surface area contributed by atoms with Crippen LogP contribution < -0.4 is 10.4 Å². The summed E-state index contributed by atoms with van der Waals surface area (Å²) in [6.45, 7) is 3.81. The molecule has 1 saturated heterocycles. The predicted molar refractivity (Wildman–Crippen MR) is 101 cm³/mol. The molecule has 1 amide bonds. The van der Waals surface area contributed by atoms with Gasteiger partial charge in [-0.1, -0.05) is 0 Å². The Labute approximate surface area is 161 Å². The highest BCUT2D eigenvalue weighted by Gasteiger charge is 2.20. The topological polar surface area (TPSA) is 91.0 Å². The number of ether oxygens (including phenoxy) is 2. The first kappa shape index (κ1) is 18.2. The summed E-state index contributed by atoms with van der Waals surface area (Å²) in [5, 5.41) is 4.35. The molecule has 0 radical (unpaired) electrons. The van der Waals surface area contributed by atoms with E-state index in [1.165, 1.54) is 9.08 Å². The van der Waals surface area contributed by atoms with E-state index >= 15 is 0 Å². The van der Waals surface area contributed by atoms with E-state index in [2.05, 4.69) is 10.1 Å². The molecule has 0 bridgehead atoms. The van der Waals surface area contributed by atoms with Gasteiger partial charge >= 0.3 is 5.69 Å². The van der Waals surface area contributed by atoms with Crippen molar-refractivity contribution in [1.82, 2.24) is 24.1 Å². The van der Waals surface area contributed by atoms with Crippen LogP contribution in [0, 0.1) is 6.92 Å². The van der Waals surface area contributed by atoms with Crippen LogP contribution in [-0.2, 0) is 16.1 Å². The number of benzene rings is 1. The summed E-state index contributed by atoms with van der Waals surface area (Å²) in [6, 6.07) is 9.01. The molecule has 0 atom stereocenters. The van der Waals surface area contributed by atoms with E-state index in [9.17, 15) is 9.59 Å². The standard InChI is InChI=1S/C19H21N5O4/c1-13-11-16-21-23(12-17(25)22-7-9-28-10-8-22)19(26)24(16)18(20-13)14-3-5-15(27-2)6-4-14/h3-6,11H,7-10,12H2,1-2H3. The second kappa shape index (κ2) is 7.43. The molecule has 0 unspecified atom stereocenters. The summed E-state index contributed by atoms with van der Waals surface area (Å²) in [4.78, 5) is 31.7. The van der Waals surface area contributed by atoms with Crippen molar-refractivity contribution in [2.75, 3.05) is 33.4 Å². The Kier molecular flexibility index (Phi) is 4.82. The Hall–Kier alpha value is -3.20. The molecule has 0 N–H and O–H groups in total. The predicted octanol–water partition coefficient (Wildman–Crippen LogP) is 0.734. The van der Waals surface area contributed by atoms with Gasteiger partial charge < -0.3 is 14.4 Å². The zero-order valence-electron chi connectivity index (χ0n) is 15.8. The van der Waals surface area contributed by atoms with Gasteiger partial charge in [0, 0.05) is 30.4 Å². The number of fused-ring (bicyclic) bond motifs is 1. The lowest BCUT2D eigenvalue weighted by Gasteiger charge is -2.26. The van der Waals surface area contributed by atoms with Gasteiger partial charge in [0.2, 0.25) is 5.91 Å². The number of hydrogen-bond acceptors (Lipinski definition) is 6. The van der Waals surface area contributed by atoms with Crippen molar-refractivity contribution in [2.45, 2.75) is 13.5 Å². The van der Waals surface area contributed by atoms with Crippen molar-refractivity contribution in [1.29, 1.82) is 0 Å². The first-order valence-electron chi connectivity index (χ1n) is 9.04. The van der Waals surface area contributed by atoms with Crippen LogP contribution in [0.15, 0.2) is 35.1 Å². The number of nitrogens with zero attached hydrogens (tertiary/aromatic N) is 5. The number of morpholine rings is 1. The Morgan fingerprint density at radius 2 is 1.93 bits per heavy atom. The molecule has 4 rings (SSSR count). The van der Waals surface area contributed by atoms with Gasteiger partial charge in [0.15, 0.2) is 5.65 Å². The van der Waals surface area contributed by atoms with Crippen molar-refractivity contribution in [3.8, 4) is 17.1 Å². The third-order valence-corrected chi connectivity index (χ3v) is 4.69. The number of amides is 1. The van der Waals surface area contributed by atoms with E-state index in [-0.39, 0.29) is 12.5 Å². The van der Waals surface area contributed by atoms with E-state index in [0.717, 1.165) is 11.3 Å². The molecule has 2 aromatic heterocycles. The molecule has 1 aliphatic rings. The van der Waals surface area contributed by atoms with E-state index < -0.39 is 5.69 Å². The largest absolute Gasteiger partial charge is 0.497 e. The minimum absolute atomic E-state index is 0.110. The minimum atomic E-state index is -0.394. The van der Waals surface area contributed by atoms with Crippen LogP contribution in [0.1, 0.15) is 5.69 Å². The number of carbonyl (C=O) groups is 1. The highest BCUT2D eigenvalue weighted by Crippen LogP contribution is 2.21. The zero-order valence-corrected chi connectivity index (χ0v) is 15.8. The van der Waals surface area contributed by atoms with Crippen LogP contribution in [0.4, 0.5) is 0 Å². The zero-order chi connectivity index (χ0) is 19.7. The fourth-order valence-corrected chi connectivity index (χ4v) is 3.23. The number of carbonyl (C=O) groups excluding carboxylic acids is 1. The van der Waals surface area contributed by atoms with Gasteiger partial charge in [0.05, 0.1) is 20.3 Å². The van der Waals surface area contributed by atoms with Crippen LogP contribution in [0.3, 0.4) is 0 Å². The van der Waals surface area contributed by atoms with E-state index in [1.54, 1.807) is 18.1 Å². The van der Waals surface area contributed by atoms with E-state index in [4.69, 9.17) is 9.47 Å². The van der Waals surface area contributed by atoms with Crippen LogP contribution in [-0.4, -0.2) is 63.4 Å². The monoisotopic (exact) mass is 383 g/mol. The number of rotatable bonds is 4. The highest BCUT2D eigenvalue weighted by atomic mass is 16.5. The quantitative estimate of drug-likeness (QED) is 0.660. The summed E-state index contributed by atoms with van der Waals surface area (Å²) in [5.74, 6) is 1.05. The molecule has 146 valence electrons. The average Bonchev–Trinajstić information content (AvgIpc) is 3.03. The van der Waals surface area contributed by atoms with Gasteiger partial charge in [0.25, 0.3) is 0 Å².